The zero-order valence-corrected chi connectivity index (χ0v) is 9.16. The van der Waals surface area contributed by atoms with Gasteiger partial charge in [-0.25, -0.2) is 4.39 Å². The van der Waals surface area contributed by atoms with Crippen molar-refractivity contribution in [2.24, 2.45) is 0 Å². The molecular weight excluding hydrogens is 234 g/mol. The molecule has 1 rings (SSSR count). The summed E-state index contributed by atoms with van der Waals surface area (Å²) in [5, 5.41) is 12.7. The van der Waals surface area contributed by atoms with Gasteiger partial charge in [0, 0.05) is 12.1 Å². The number of halogens is 2. The van der Waals surface area contributed by atoms with Gasteiger partial charge in [-0.05, 0) is 19.9 Å². The normalized spacial score (nSPS) is 10.4. The van der Waals surface area contributed by atoms with Gasteiger partial charge >= 0.3 is 5.69 Å². The third kappa shape index (κ3) is 2.74. The first-order valence-corrected chi connectivity index (χ1v) is 4.77. The summed E-state index contributed by atoms with van der Waals surface area (Å²) in [6.45, 7) is 3.20. The third-order valence-electron chi connectivity index (χ3n) is 1.91. The third-order valence-corrected chi connectivity index (χ3v) is 1.91. The Morgan fingerprint density at radius 3 is 2.47 bits per heavy atom. The number of nitro benzene ring substituents is 1. The predicted octanol–water partition coefficient (Wildman–Crippen LogP) is 2.01. The van der Waals surface area contributed by atoms with Crippen LogP contribution >= 0.6 is 0 Å². The Bertz CT molecular complexity index is 475. The molecule has 92 valence electrons. The number of nitrogens with zero attached hydrogens (tertiary/aromatic N) is 1. The maximum Gasteiger partial charge on any atom is 0.305 e. The average Bonchev–Trinajstić information content (AvgIpc) is 2.15. The van der Waals surface area contributed by atoms with Crippen molar-refractivity contribution >= 4 is 11.6 Å². The lowest BCUT2D eigenvalue weighted by atomic mass is 10.1. The molecule has 0 atom stereocenters. The molecule has 7 heteroatoms. The van der Waals surface area contributed by atoms with Gasteiger partial charge in [0.1, 0.15) is 11.4 Å². The van der Waals surface area contributed by atoms with E-state index in [2.05, 4.69) is 5.32 Å². The summed E-state index contributed by atoms with van der Waals surface area (Å²) in [5.41, 5.74) is -1.87. The minimum absolute atomic E-state index is 0.333. The summed E-state index contributed by atoms with van der Waals surface area (Å²) >= 11 is 0. The highest BCUT2D eigenvalue weighted by Gasteiger charge is 2.26. The fourth-order valence-corrected chi connectivity index (χ4v) is 1.23. The molecule has 1 amide bonds. The molecule has 1 aromatic rings. The number of rotatable bonds is 3. The van der Waals surface area contributed by atoms with Crippen LogP contribution in [-0.4, -0.2) is 16.9 Å². The standard InChI is InChI=1S/C10H10F2N2O3/c1-5(2)13-10(15)8-6(11)3-4-7(9(8)12)14(16)17/h3-5H,1-2H3,(H,13,15). The molecule has 0 aliphatic heterocycles. The van der Waals surface area contributed by atoms with Crippen molar-refractivity contribution in [2.75, 3.05) is 0 Å². The Balaban J connectivity index is 3.27. The van der Waals surface area contributed by atoms with E-state index in [1.807, 2.05) is 0 Å². The smallest absolute Gasteiger partial charge is 0.305 e. The number of hydrogen-bond donors (Lipinski definition) is 1. The van der Waals surface area contributed by atoms with Crippen LogP contribution in [0.15, 0.2) is 12.1 Å². The predicted molar refractivity (Wildman–Crippen MR) is 55.6 cm³/mol. The average molecular weight is 244 g/mol. The van der Waals surface area contributed by atoms with Gasteiger partial charge in [0.2, 0.25) is 5.82 Å². The van der Waals surface area contributed by atoms with Crippen LogP contribution in [0.3, 0.4) is 0 Å². The van der Waals surface area contributed by atoms with Gasteiger partial charge in [-0.1, -0.05) is 0 Å². The summed E-state index contributed by atoms with van der Waals surface area (Å²) in [6, 6.07) is 1.04. The Hall–Kier alpha value is -2.05. The molecule has 0 unspecified atom stereocenters. The molecule has 0 saturated carbocycles. The quantitative estimate of drug-likeness (QED) is 0.653. The van der Waals surface area contributed by atoms with E-state index >= 15 is 0 Å². The molecule has 0 bridgehead atoms. The molecule has 1 aromatic carbocycles. The number of amides is 1. The Morgan fingerprint density at radius 1 is 1.41 bits per heavy atom. The van der Waals surface area contributed by atoms with E-state index in [-0.39, 0.29) is 6.04 Å². The zero-order chi connectivity index (χ0) is 13.2. The van der Waals surface area contributed by atoms with Crippen molar-refractivity contribution < 1.29 is 18.5 Å². The largest absolute Gasteiger partial charge is 0.350 e. The molecule has 0 heterocycles. The van der Waals surface area contributed by atoms with E-state index in [9.17, 15) is 23.7 Å². The van der Waals surface area contributed by atoms with Crippen molar-refractivity contribution in [2.45, 2.75) is 19.9 Å². The second-order valence-corrected chi connectivity index (χ2v) is 3.64. The highest BCUT2D eigenvalue weighted by Crippen LogP contribution is 2.22. The second-order valence-electron chi connectivity index (χ2n) is 3.64. The number of nitrogens with one attached hydrogen (secondary N) is 1. The molecule has 17 heavy (non-hydrogen) atoms. The Labute approximate surface area is 95.6 Å². The first-order chi connectivity index (χ1) is 7.84. The van der Waals surface area contributed by atoms with E-state index in [0.29, 0.717) is 12.1 Å². The molecule has 0 spiro atoms. The highest BCUT2D eigenvalue weighted by atomic mass is 19.1. The number of nitro groups is 1. The van der Waals surface area contributed by atoms with Gasteiger partial charge < -0.3 is 5.32 Å². The van der Waals surface area contributed by atoms with Gasteiger partial charge in [0.25, 0.3) is 5.91 Å². The SMILES string of the molecule is CC(C)NC(=O)c1c(F)ccc([N+](=O)[O-])c1F. The highest BCUT2D eigenvalue weighted by molar-refractivity contribution is 5.95. The fraction of sp³-hybridized carbons (Fsp3) is 0.300. The van der Waals surface area contributed by atoms with Crippen molar-refractivity contribution in [1.29, 1.82) is 0 Å². The summed E-state index contributed by atoms with van der Waals surface area (Å²) in [4.78, 5) is 20.9. The monoisotopic (exact) mass is 244 g/mol. The number of carbonyl (C=O) groups is 1. The van der Waals surface area contributed by atoms with Crippen LogP contribution in [-0.2, 0) is 0 Å². The maximum absolute atomic E-state index is 13.5. The minimum Gasteiger partial charge on any atom is -0.350 e. The van der Waals surface area contributed by atoms with Crippen molar-refractivity contribution in [3.8, 4) is 0 Å². The molecule has 0 fully saturated rings. The zero-order valence-electron chi connectivity index (χ0n) is 9.16. The van der Waals surface area contributed by atoms with Crippen molar-refractivity contribution in [1.82, 2.24) is 5.32 Å². The molecule has 0 aliphatic rings. The molecule has 0 aromatic heterocycles. The van der Waals surface area contributed by atoms with E-state index in [1.165, 1.54) is 0 Å². The van der Waals surface area contributed by atoms with Crippen LogP contribution in [0, 0.1) is 21.7 Å². The van der Waals surface area contributed by atoms with Crippen LogP contribution in [0.4, 0.5) is 14.5 Å². The van der Waals surface area contributed by atoms with Gasteiger partial charge in [-0.3, -0.25) is 14.9 Å². The molecule has 1 N–H and O–H groups in total. The number of carbonyl (C=O) groups excluding carboxylic acids is 1. The van der Waals surface area contributed by atoms with Crippen LogP contribution < -0.4 is 5.32 Å². The topological polar surface area (TPSA) is 72.2 Å². The van der Waals surface area contributed by atoms with Gasteiger partial charge in [0.15, 0.2) is 0 Å². The Kier molecular flexibility index (Phi) is 3.72. The Morgan fingerprint density at radius 2 is 2.00 bits per heavy atom. The molecular formula is C10H10F2N2O3. The van der Waals surface area contributed by atoms with Gasteiger partial charge in [-0.15, -0.1) is 0 Å². The molecule has 0 radical (unpaired) electrons. The fourth-order valence-electron chi connectivity index (χ4n) is 1.23. The van der Waals surface area contributed by atoms with E-state index in [1.54, 1.807) is 13.8 Å². The van der Waals surface area contributed by atoms with Gasteiger partial charge in [-0.2, -0.15) is 4.39 Å². The first kappa shape index (κ1) is 13.0. The van der Waals surface area contributed by atoms with Crippen molar-refractivity contribution in [3.05, 3.63) is 39.4 Å². The molecule has 0 aliphatic carbocycles. The second kappa shape index (κ2) is 4.86. The van der Waals surface area contributed by atoms with Gasteiger partial charge in [0.05, 0.1) is 4.92 Å². The maximum atomic E-state index is 13.5. The molecule has 0 saturated heterocycles. The lowest BCUT2D eigenvalue weighted by Crippen LogP contribution is -2.31. The molecule has 5 nitrogen and oxygen atoms in total. The van der Waals surface area contributed by atoms with Crippen LogP contribution in [0.5, 0.6) is 0 Å². The lowest BCUT2D eigenvalue weighted by molar-refractivity contribution is -0.387. The van der Waals surface area contributed by atoms with Crippen LogP contribution in [0.1, 0.15) is 24.2 Å². The number of hydrogen-bond acceptors (Lipinski definition) is 3. The number of benzene rings is 1. The van der Waals surface area contributed by atoms with E-state index in [0.717, 1.165) is 0 Å². The van der Waals surface area contributed by atoms with E-state index in [4.69, 9.17) is 0 Å². The van der Waals surface area contributed by atoms with Crippen LogP contribution in [0.25, 0.3) is 0 Å². The summed E-state index contributed by atoms with van der Waals surface area (Å²) in [5.74, 6) is -3.61. The van der Waals surface area contributed by atoms with E-state index < -0.39 is 33.7 Å². The summed E-state index contributed by atoms with van der Waals surface area (Å²) in [6.07, 6.45) is 0. The first-order valence-electron chi connectivity index (χ1n) is 4.77. The van der Waals surface area contributed by atoms with Crippen LogP contribution in [0.2, 0.25) is 0 Å². The summed E-state index contributed by atoms with van der Waals surface area (Å²) < 4.78 is 26.8. The van der Waals surface area contributed by atoms with Crippen molar-refractivity contribution in [3.63, 3.8) is 0 Å². The minimum atomic E-state index is -1.46. The summed E-state index contributed by atoms with van der Waals surface area (Å²) in [7, 11) is 0. The lowest BCUT2D eigenvalue weighted by Gasteiger charge is -2.09.